The van der Waals surface area contributed by atoms with Crippen LogP contribution in [-0.4, -0.2) is 48.3 Å². The fourth-order valence-electron chi connectivity index (χ4n) is 3.86. The van der Waals surface area contributed by atoms with Gasteiger partial charge in [0.15, 0.2) is 0 Å². The Kier molecular flexibility index (Phi) is 3.97. The van der Waals surface area contributed by atoms with Crippen LogP contribution in [0.5, 0.6) is 0 Å². The first-order valence-corrected chi connectivity index (χ1v) is 10.1. The van der Waals surface area contributed by atoms with Crippen LogP contribution in [0.4, 0.5) is 0 Å². The molecule has 1 aliphatic heterocycles. The molecule has 142 valence electrons. The molecular formula is C19H18N6O2S. The maximum absolute atomic E-state index is 13.1. The predicted octanol–water partition coefficient (Wildman–Crippen LogP) is 2.29. The Morgan fingerprint density at radius 2 is 2.04 bits per heavy atom. The fraction of sp³-hybridized carbons (Fsp3) is 0.316. The first kappa shape index (κ1) is 17.1. The lowest BCUT2D eigenvalue weighted by Crippen LogP contribution is -2.42. The average Bonchev–Trinajstić information content (AvgIpc) is 3.32. The number of carbonyl (C=O) groups is 1. The first-order valence-electron chi connectivity index (χ1n) is 9.19. The van der Waals surface area contributed by atoms with Gasteiger partial charge in [-0.1, -0.05) is 11.3 Å². The largest absolute Gasteiger partial charge is 0.337 e. The summed E-state index contributed by atoms with van der Waals surface area (Å²) in [4.78, 5) is 32.1. The zero-order valence-corrected chi connectivity index (χ0v) is 16.1. The van der Waals surface area contributed by atoms with Crippen molar-refractivity contribution in [2.45, 2.75) is 25.8 Å². The summed E-state index contributed by atoms with van der Waals surface area (Å²) in [6, 6.07) is 7.45. The Morgan fingerprint density at radius 1 is 1.21 bits per heavy atom. The third kappa shape index (κ3) is 2.62. The van der Waals surface area contributed by atoms with Crippen LogP contribution in [0.15, 0.2) is 40.6 Å². The number of rotatable bonds is 2. The second-order valence-corrected chi connectivity index (χ2v) is 7.89. The Morgan fingerprint density at radius 3 is 2.86 bits per heavy atom. The fourth-order valence-corrected chi connectivity index (χ4v) is 4.61. The van der Waals surface area contributed by atoms with Gasteiger partial charge in [0, 0.05) is 19.3 Å². The van der Waals surface area contributed by atoms with E-state index in [-0.39, 0.29) is 17.5 Å². The van der Waals surface area contributed by atoms with E-state index in [0.717, 1.165) is 11.3 Å². The Balaban J connectivity index is 1.38. The minimum Gasteiger partial charge on any atom is -0.337 e. The molecule has 9 heteroatoms. The topological polar surface area (TPSA) is 85.4 Å². The molecule has 0 saturated carbocycles. The summed E-state index contributed by atoms with van der Waals surface area (Å²) in [6.45, 7) is 3.00. The van der Waals surface area contributed by atoms with Crippen LogP contribution in [0.3, 0.4) is 0 Å². The summed E-state index contributed by atoms with van der Waals surface area (Å²) in [6.07, 6.45) is 3.21. The van der Waals surface area contributed by atoms with E-state index in [4.69, 9.17) is 0 Å². The van der Waals surface area contributed by atoms with Gasteiger partial charge in [0.1, 0.15) is 21.6 Å². The van der Waals surface area contributed by atoms with Crippen LogP contribution >= 0.6 is 11.3 Å². The van der Waals surface area contributed by atoms with Gasteiger partial charge < -0.3 is 4.90 Å². The molecule has 4 aromatic heterocycles. The van der Waals surface area contributed by atoms with Crippen molar-refractivity contribution in [3.8, 4) is 0 Å². The lowest BCUT2D eigenvalue weighted by atomic mass is 10.0. The summed E-state index contributed by atoms with van der Waals surface area (Å²) in [7, 11) is 0. The van der Waals surface area contributed by atoms with Gasteiger partial charge in [-0.3, -0.25) is 14.0 Å². The molecule has 0 aromatic carbocycles. The van der Waals surface area contributed by atoms with Gasteiger partial charge in [0.05, 0.1) is 11.7 Å². The molecule has 28 heavy (non-hydrogen) atoms. The van der Waals surface area contributed by atoms with Crippen molar-refractivity contribution in [1.29, 1.82) is 0 Å². The van der Waals surface area contributed by atoms with Gasteiger partial charge >= 0.3 is 0 Å². The van der Waals surface area contributed by atoms with Gasteiger partial charge in [-0.15, -0.1) is 16.4 Å². The minimum absolute atomic E-state index is 0.0261. The molecule has 0 radical (unpaired) electrons. The molecule has 0 spiro atoms. The zero-order chi connectivity index (χ0) is 19.3. The van der Waals surface area contributed by atoms with Gasteiger partial charge in [-0.25, -0.2) is 9.67 Å². The van der Waals surface area contributed by atoms with Gasteiger partial charge in [-0.05, 0) is 43.3 Å². The molecular weight excluding hydrogens is 376 g/mol. The lowest BCUT2D eigenvalue weighted by Gasteiger charge is -2.32. The molecule has 1 amide bonds. The van der Waals surface area contributed by atoms with Crippen molar-refractivity contribution >= 4 is 33.1 Å². The Labute approximate surface area is 164 Å². The molecule has 1 aliphatic rings. The standard InChI is InChI=1S/C19H18N6O2S/c1-12-16(24-8-3-2-4-15(24)20-12)18(26)23-9-5-13(6-10-23)25-19(27)17-14(21-22-25)7-11-28-17/h2-4,7-8,11,13H,5-6,9-10H2,1H3. The maximum Gasteiger partial charge on any atom is 0.287 e. The van der Waals surface area contributed by atoms with Gasteiger partial charge in [-0.2, -0.15) is 0 Å². The maximum atomic E-state index is 13.1. The number of thiophene rings is 1. The Hall–Kier alpha value is -3.07. The molecule has 8 nitrogen and oxygen atoms in total. The van der Waals surface area contributed by atoms with E-state index in [0.29, 0.717) is 41.8 Å². The van der Waals surface area contributed by atoms with Gasteiger partial charge in [0.25, 0.3) is 11.5 Å². The molecule has 0 N–H and O–H groups in total. The molecule has 1 saturated heterocycles. The normalized spacial score (nSPS) is 15.5. The lowest BCUT2D eigenvalue weighted by molar-refractivity contribution is 0.0679. The minimum atomic E-state index is -0.0950. The molecule has 0 unspecified atom stereocenters. The number of amides is 1. The van der Waals surface area contributed by atoms with Crippen molar-refractivity contribution < 1.29 is 4.79 Å². The second-order valence-electron chi connectivity index (χ2n) is 6.97. The van der Waals surface area contributed by atoms with Crippen molar-refractivity contribution in [2.24, 2.45) is 0 Å². The van der Waals surface area contributed by atoms with Crippen LogP contribution in [0.1, 0.15) is 35.1 Å². The Bertz CT molecular complexity index is 1250. The number of fused-ring (bicyclic) bond motifs is 2. The molecule has 5 rings (SSSR count). The van der Waals surface area contributed by atoms with Crippen molar-refractivity contribution in [2.75, 3.05) is 13.1 Å². The molecule has 0 aliphatic carbocycles. The number of carbonyl (C=O) groups excluding carboxylic acids is 1. The first-order chi connectivity index (χ1) is 13.6. The third-order valence-corrected chi connectivity index (χ3v) is 6.19. The SMILES string of the molecule is Cc1nc2ccccn2c1C(=O)N1CCC(n2nnc3ccsc3c2=O)CC1. The molecule has 4 aromatic rings. The van der Waals surface area contributed by atoms with Crippen LogP contribution in [0.25, 0.3) is 15.9 Å². The van der Waals surface area contributed by atoms with E-state index in [9.17, 15) is 9.59 Å². The highest BCUT2D eigenvalue weighted by molar-refractivity contribution is 7.17. The predicted molar refractivity (Wildman–Crippen MR) is 106 cm³/mol. The van der Waals surface area contributed by atoms with E-state index in [1.807, 2.05) is 46.0 Å². The second kappa shape index (κ2) is 6.52. The van der Waals surface area contributed by atoms with E-state index < -0.39 is 0 Å². The molecule has 1 fully saturated rings. The monoisotopic (exact) mass is 394 g/mol. The number of nitrogens with zero attached hydrogens (tertiary/aromatic N) is 6. The van der Waals surface area contributed by atoms with Crippen LogP contribution in [0, 0.1) is 6.92 Å². The number of likely N-dealkylation sites (tertiary alicyclic amines) is 1. The van der Waals surface area contributed by atoms with E-state index >= 15 is 0 Å². The highest BCUT2D eigenvalue weighted by atomic mass is 32.1. The van der Waals surface area contributed by atoms with Gasteiger partial charge in [0.2, 0.25) is 0 Å². The number of hydrogen-bond acceptors (Lipinski definition) is 6. The number of imidazole rings is 1. The highest BCUT2D eigenvalue weighted by Crippen LogP contribution is 2.24. The summed E-state index contributed by atoms with van der Waals surface area (Å²) in [5, 5.41) is 10.1. The smallest absolute Gasteiger partial charge is 0.287 e. The molecule has 5 heterocycles. The summed E-state index contributed by atoms with van der Waals surface area (Å²) >= 11 is 1.39. The number of aromatic nitrogens is 5. The average molecular weight is 394 g/mol. The van der Waals surface area contributed by atoms with Crippen LogP contribution in [0.2, 0.25) is 0 Å². The quantitative estimate of drug-likeness (QED) is 0.521. The van der Waals surface area contributed by atoms with Crippen molar-refractivity contribution in [3.63, 3.8) is 0 Å². The van der Waals surface area contributed by atoms with Crippen LogP contribution < -0.4 is 5.56 Å². The number of piperidine rings is 1. The van der Waals surface area contributed by atoms with E-state index in [1.54, 1.807) is 6.07 Å². The number of pyridine rings is 1. The summed E-state index contributed by atoms with van der Waals surface area (Å²) < 4.78 is 3.96. The van der Waals surface area contributed by atoms with Crippen molar-refractivity contribution in [1.82, 2.24) is 29.3 Å². The van der Waals surface area contributed by atoms with E-state index in [1.165, 1.54) is 16.0 Å². The number of hydrogen-bond donors (Lipinski definition) is 0. The summed E-state index contributed by atoms with van der Waals surface area (Å²) in [5.41, 5.74) is 2.64. The summed E-state index contributed by atoms with van der Waals surface area (Å²) in [5.74, 6) is -0.0261. The molecule has 0 atom stereocenters. The zero-order valence-electron chi connectivity index (χ0n) is 15.3. The van der Waals surface area contributed by atoms with Crippen molar-refractivity contribution in [3.05, 3.63) is 57.6 Å². The highest BCUT2D eigenvalue weighted by Gasteiger charge is 2.29. The number of aryl methyl sites for hydroxylation is 1. The van der Waals surface area contributed by atoms with Crippen LogP contribution in [-0.2, 0) is 0 Å². The third-order valence-electron chi connectivity index (χ3n) is 5.30. The van der Waals surface area contributed by atoms with E-state index in [2.05, 4.69) is 15.3 Å². The molecule has 0 bridgehead atoms.